The van der Waals surface area contributed by atoms with Gasteiger partial charge < -0.3 is 14.9 Å². The van der Waals surface area contributed by atoms with Crippen LogP contribution < -0.4 is 0 Å². The Bertz CT molecular complexity index is 2150. The molecule has 0 aliphatic rings. The number of benzene rings is 4. The van der Waals surface area contributed by atoms with E-state index < -0.39 is 0 Å². The number of carbonyl (C=O) groups excluding carboxylic acids is 1. The molecule has 0 saturated carbocycles. The number of carbonyl (C=O) groups is 1. The minimum absolute atomic E-state index is 0.000644. The van der Waals surface area contributed by atoms with E-state index in [4.69, 9.17) is 4.74 Å². The maximum absolute atomic E-state index is 11.5. The van der Waals surface area contributed by atoms with Crippen LogP contribution >= 0.6 is 27.7 Å². The molecule has 0 aliphatic heterocycles. The number of hydrogen-bond donors (Lipinski definition) is 2. The lowest BCUT2D eigenvalue weighted by atomic mass is 9.69. The Hall–Kier alpha value is -2.90. The van der Waals surface area contributed by atoms with Crippen LogP contribution in [0.4, 0.5) is 0 Å². The van der Waals surface area contributed by atoms with Crippen molar-refractivity contribution in [3.63, 3.8) is 0 Å². The molecule has 6 heteroatoms. The van der Waals surface area contributed by atoms with E-state index in [-0.39, 0.29) is 39.8 Å². The van der Waals surface area contributed by atoms with Crippen LogP contribution in [0.15, 0.2) is 72.8 Å². The molecule has 0 bridgehead atoms. The van der Waals surface area contributed by atoms with Gasteiger partial charge >= 0.3 is 5.97 Å². The first kappa shape index (κ1) is 59.4. The Morgan fingerprint density at radius 1 is 0.544 bits per heavy atom. The van der Waals surface area contributed by atoms with E-state index in [0.717, 1.165) is 87.5 Å². The second-order valence-corrected chi connectivity index (χ2v) is 23.7. The molecule has 4 rings (SSSR count). The Kier molecular flexibility index (Phi) is 24.1. The summed E-state index contributed by atoms with van der Waals surface area (Å²) in [5.74, 6) is 1.98. The summed E-state index contributed by atoms with van der Waals surface area (Å²) in [6.07, 6.45) is 10.7. The second kappa shape index (κ2) is 27.6. The molecule has 0 spiro atoms. The second-order valence-electron chi connectivity index (χ2n) is 21.7. The monoisotopic (exact) mass is 1010 g/mol. The summed E-state index contributed by atoms with van der Waals surface area (Å²) in [4.78, 5) is 11.5. The molecule has 4 nitrogen and oxygen atoms in total. The number of aliphatic hydroxyl groups is 2. The van der Waals surface area contributed by atoms with Gasteiger partial charge in [0.1, 0.15) is 0 Å². The third kappa shape index (κ3) is 16.3. The maximum Gasteiger partial charge on any atom is 0.305 e. The predicted molar refractivity (Wildman–Crippen MR) is 299 cm³/mol. The Labute approximate surface area is 428 Å². The quantitative estimate of drug-likeness (QED) is 0.0416. The van der Waals surface area contributed by atoms with Gasteiger partial charge in [-0.05, 0) is 194 Å². The van der Waals surface area contributed by atoms with Gasteiger partial charge in [0.15, 0.2) is 0 Å². The van der Waals surface area contributed by atoms with Crippen molar-refractivity contribution in [1.82, 2.24) is 0 Å². The highest BCUT2D eigenvalue weighted by Gasteiger charge is 2.33. The Morgan fingerprint density at radius 3 is 1.18 bits per heavy atom. The highest BCUT2D eigenvalue weighted by Crippen LogP contribution is 2.42. The molecule has 0 aromatic heterocycles. The van der Waals surface area contributed by atoms with Gasteiger partial charge in [-0.25, -0.2) is 0 Å². The number of rotatable bonds is 24. The van der Waals surface area contributed by atoms with E-state index >= 15 is 0 Å². The summed E-state index contributed by atoms with van der Waals surface area (Å²) in [5, 5.41) is 21.9. The lowest BCUT2D eigenvalue weighted by molar-refractivity contribution is -0.143. The number of halogens is 1. The highest BCUT2D eigenvalue weighted by molar-refractivity contribution is 9.09. The summed E-state index contributed by atoms with van der Waals surface area (Å²) in [6.45, 7) is 33.1. The summed E-state index contributed by atoms with van der Waals surface area (Å²) in [6, 6.07) is 28.2. The zero-order chi connectivity index (χ0) is 50.9. The molecule has 378 valence electrons. The van der Waals surface area contributed by atoms with Crippen molar-refractivity contribution in [2.75, 3.05) is 23.4 Å². The lowest BCUT2D eigenvalue weighted by Gasteiger charge is -2.34. The molecule has 68 heavy (non-hydrogen) atoms. The first-order valence-corrected chi connectivity index (χ1v) is 28.4. The van der Waals surface area contributed by atoms with Crippen LogP contribution in [-0.2, 0) is 46.0 Å². The van der Waals surface area contributed by atoms with Crippen LogP contribution in [0, 0.1) is 38.5 Å². The number of thioether (sulfide) groups is 1. The molecule has 0 saturated heterocycles. The van der Waals surface area contributed by atoms with E-state index in [2.05, 4.69) is 186 Å². The fraction of sp³-hybridized carbons (Fsp3) is 0.597. The summed E-state index contributed by atoms with van der Waals surface area (Å²) in [7, 11) is 0. The van der Waals surface area contributed by atoms with Crippen LogP contribution in [0.5, 0.6) is 0 Å². The van der Waals surface area contributed by atoms with Crippen molar-refractivity contribution in [1.29, 1.82) is 0 Å². The van der Waals surface area contributed by atoms with Gasteiger partial charge in [-0.15, -0.1) is 0 Å². The molecule has 0 aliphatic carbocycles. The average molecular weight is 1010 g/mol. The van der Waals surface area contributed by atoms with Gasteiger partial charge in [0.25, 0.3) is 0 Å². The van der Waals surface area contributed by atoms with E-state index in [0.29, 0.717) is 13.0 Å². The number of aryl methyl sites for hydroxylation is 8. The van der Waals surface area contributed by atoms with Crippen molar-refractivity contribution in [2.45, 2.75) is 204 Å². The largest absolute Gasteiger partial charge is 0.466 e. The number of alkyl halides is 1. The SMILES string of the molecule is CCC(CC)(c1ccc(CCBr)c(C)c1)c1ccc(CCC(O)C(C)(C)C)c(C)c1.CCOC(=O)CCCSCCc1ccc(C(CC)(CC)c2ccc(CCC(O)C(C)(C)C)c(C)c2)cc1C. The molecule has 2 atom stereocenters. The molecule has 0 fully saturated rings. The van der Waals surface area contributed by atoms with Crippen molar-refractivity contribution in [2.24, 2.45) is 10.8 Å². The number of esters is 1. The summed E-state index contributed by atoms with van der Waals surface area (Å²) in [5.41, 5.74) is 16.5. The zero-order valence-electron chi connectivity index (χ0n) is 45.4. The van der Waals surface area contributed by atoms with Crippen LogP contribution in [0.3, 0.4) is 0 Å². The van der Waals surface area contributed by atoms with E-state index in [1.54, 1.807) is 0 Å². The molecule has 0 radical (unpaired) electrons. The zero-order valence-corrected chi connectivity index (χ0v) is 47.8. The smallest absolute Gasteiger partial charge is 0.305 e. The first-order chi connectivity index (χ1) is 32.1. The van der Waals surface area contributed by atoms with E-state index in [1.165, 1.54) is 66.8 Å². The molecule has 4 aromatic carbocycles. The number of ether oxygens (including phenoxy) is 1. The maximum atomic E-state index is 11.5. The number of aliphatic hydroxyl groups excluding tert-OH is 2. The van der Waals surface area contributed by atoms with E-state index in [9.17, 15) is 15.0 Å². The lowest BCUT2D eigenvalue weighted by Crippen LogP contribution is -2.27. The average Bonchev–Trinajstić information content (AvgIpc) is 3.29. The third-order valence-corrected chi connectivity index (χ3v) is 16.7. The van der Waals surface area contributed by atoms with Crippen LogP contribution in [0.2, 0.25) is 0 Å². The van der Waals surface area contributed by atoms with Gasteiger partial charge in [-0.1, -0.05) is 158 Å². The highest BCUT2D eigenvalue weighted by atomic mass is 79.9. The van der Waals surface area contributed by atoms with Gasteiger partial charge in [0, 0.05) is 22.6 Å². The van der Waals surface area contributed by atoms with E-state index in [1.807, 2.05) is 18.7 Å². The van der Waals surface area contributed by atoms with Gasteiger partial charge in [-0.2, -0.15) is 11.8 Å². The Morgan fingerprint density at radius 2 is 0.882 bits per heavy atom. The van der Waals surface area contributed by atoms with Crippen LogP contribution in [0.1, 0.15) is 194 Å². The topological polar surface area (TPSA) is 66.8 Å². The molecule has 0 heterocycles. The predicted octanol–water partition coefficient (Wildman–Crippen LogP) is 16.1. The van der Waals surface area contributed by atoms with Gasteiger partial charge in [-0.3, -0.25) is 4.79 Å². The Balaban J connectivity index is 0.000000370. The van der Waals surface area contributed by atoms with Gasteiger partial charge in [0.05, 0.1) is 18.8 Å². The van der Waals surface area contributed by atoms with Crippen molar-refractivity contribution in [3.8, 4) is 0 Å². The number of hydrogen-bond acceptors (Lipinski definition) is 5. The van der Waals surface area contributed by atoms with Gasteiger partial charge in [0.2, 0.25) is 0 Å². The molecule has 2 N–H and O–H groups in total. The van der Waals surface area contributed by atoms with Crippen molar-refractivity contribution in [3.05, 3.63) is 140 Å². The fourth-order valence-corrected chi connectivity index (χ4v) is 11.3. The van der Waals surface area contributed by atoms with Crippen molar-refractivity contribution < 1.29 is 19.7 Å². The molecular weight excluding hydrogens is 921 g/mol. The minimum Gasteiger partial charge on any atom is -0.466 e. The summed E-state index contributed by atoms with van der Waals surface area (Å²) < 4.78 is 5.01. The molecule has 0 amide bonds. The fourth-order valence-electron chi connectivity index (χ4n) is 9.95. The third-order valence-electron chi connectivity index (χ3n) is 15.2. The first-order valence-electron chi connectivity index (χ1n) is 26.1. The minimum atomic E-state index is -0.295. The normalized spacial score (nSPS) is 13.2. The van der Waals surface area contributed by atoms with Crippen molar-refractivity contribution >= 4 is 33.7 Å². The molecule has 4 aromatic rings. The van der Waals surface area contributed by atoms with Crippen LogP contribution in [0.25, 0.3) is 0 Å². The molecular formula is C62H93BrO4S. The standard InChI is InChI=1S/C34H52O3S.C28H41BrO/c1-9-34(10-2,29-17-14-27(25(4)23-29)16-19-31(35)33(6,7)8)30-18-15-28(26(5)24-30)20-22-38-21-12-13-32(36)37-11-3;1-8-28(9-2,25-14-11-23(16-17-29)21(4)19-25)24-13-10-22(20(3)18-24)12-15-26(30)27(5,6)7/h14-15,17-18,23-24,31,35H,9-13,16,19-22H2,1-8H3;10-11,13-14,18-19,26,30H,8-9,12,15-17H2,1-7H3. The molecule has 2 unspecified atom stereocenters. The summed E-state index contributed by atoms with van der Waals surface area (Å²) >= 11 is 5.49. The van der Waals surface area contributed by atoms with Crippen LogP contribution in [-0.4, -0.2) is 51.8 Å².